The zero-order valence-corrected chi connectivity index (χ0v) is 9.19. The zero-order valence-electron chi connectivity index (χ0n) is 7.55. The quantitative estimate of drug-likeness (QED) is 0.520. The molecule has 0 spiro atoms. The van der Waals surface area contributed by atoms with Crippen molar-refractivity contribution in [2.45, 2.75) is 26.7 Å². The molecule has 0 aromatic carbocycles. The summed E-state index contributed by atoms with van der Waals surface area (Å²) in [4.78, 5) is 10.9. The van der Waals surface area contributed by atoms with Gasteiger partial charge in [-0.25, -0.2) is 4.79 Å². The fraction of sp³-hybridized carbons (Fsp3) is 0.857. The van der Waals surface area contributed by atoms with Crippen LogP contribution in [0, 0.1) is 0 Å². The monoisotopic (exact) mass is 208 g/mol. The van der Waals surface area contributed by atoms with E-state index in [9.17, 15) is 4.79 Å². The summed E-state index contributed by atoms with van der Waals surface area (Å²) in [6, 6.07) is -0.105. The molecule has 0 aromatic rings. The first kappa shape index (κ1) is 12.0. The van der Waals surface area contributed by atoms with Crippen molar-refractivity contribution in [3.63, 3.8) is 0 Å². The van der Waals surface area contributed by atoms with Crippen LogP contribution in [0.15, 0.2) is 0 Å². The van der Waals surface area contributed by atoms with Crippen LogP contribution in [0.25, 0.3) is 0 Å². The Bertz CT molecular complexity index is 110. The maximum atomic E-state index is 10.9. The van der Waals surface area contributed by atoms with Crippen LogP contribution in [0.1, 0.15) is 26.7 Å². The Balaban J connectivity index is 3.10. The summed E-state index contributed by atoms with van der Waals surface area (Å²) in [5, 5.41) is 0. The van der Waals surface area contributed by atoms with Crippen molar-refractivity contribution in [1.82, 2.24) is 9.44 Å². The lowest BCUT2D eigenvalue weighted by Crippen LogP contribution is -2.26. The van der Waals surface area contributed by atoms with E-state index in [0.717, 1.165) is 24.3 Å². The molecule has 0 fully saturated rings. The van der Waals surface area contributed by atoms with E-state index in [0.29, 0.717) is 0 Å². The molecular weight excluding hydrogens is 192 g/mol. The molecule has 0 radical (unpaired) electrons. The van der Waals surface area contributed by atoms with Gasteiger partial charge in [-0.1, -0.05) is 13.8 Å². The molecule has 0 aliphatic carbocycles. The van der Waals surface area contributed by atoms with E-state index in [1.807, 2.05) is 0 Å². The maximum absolute atomic E-state index is 10.9. The minimum absolute atomic E-state index is 0.105. The average Bonchev–Trinajstić information content (AvgIpc) is 2.06. The van der Waals surface area contributed by atoms with Crippen molar-refractivity contribution in [1.29, 1.82) is 0 Å². The number of carbonyl (C=O) groups excluding carboxylic acids is 1. The summed E-state index contributed by atoms with van der Waals surface area (Å²) in [6.45, 7) is 4.16. The molecule has 0 heterocycles. The normalized spacial score (nSPS) is 9.50. The van der Waals surface area contributed by atoms with E-state index in [4.69, 9.17) is 0 Å². The number of urea groups is 1. The lowest BCUT2D eigenvalue weighted by atomic mass is 10.6. The molecular formula is C7H16N2OS2. The first-order chi connectivity index (χ1) is 5.81. The van der Waals surface area contributed by atoms with Crippen LogP contribution in [0.5, 0.6) is 0 Å². The Morgan fingerprint density at radius 1 is 1.08 bits per heavy atom. The number of amides is 2. The van der Waals surface area contributed by atoms with Gasteiger partial charge in [0.2, 0.25) is 0 Å². The highest BCUT2D eigenvalue weighted by molar-refractivity contribution is 7.99. The third-order valence-electron chi connectivity index (χ3n) is 0.942. The van der Waals surface area contributed by atoms with Crippen molar-refractivity contribution in [2.24, 2.45) is 0 Å². The molecule has 2 amide bonds. The van der Waals surface area contributed by atoms with Gasteiger partial charge in [0, 0.05) is 11.5 Å². The Morgan fingerprint density at radius 3 is 1.83 bits per heavy atom. The minimum Gasteiger partial charge on any atom is -0.281 e. The standard InChI is InChI=1S/C7H16N2OS2/c1-3-5-11-8-7(10)9-12-6-4-2/h3-6H2,1-2H3,(H2,8,9,10). The van der Waals surface area contributed by atoms with Crippen LogP contribution in [-0.4, -0.2) is 17.5 Å². The largest absolute Gasteiger partial charge is 0.334 e. The third-order valence-corrected chi connectivity index (χ3v) is 2.83. The van der Waals surface area contributed by atoms with E-state index in [1.54, 1.807) is 0 Å². The van der Waals surface area contributed by atoms with Gasteiger partial charge in [-0.3, -0.25) is 9.44 Å². The fourth-order valence-electron chi connectivity index (χ4n) is 0.458. The SMILES string of the molecule is CCCSNC(=O)NSCCC. The number of hydrogen-bond donors (Lipinski definition) is 2. The Hall–Kier alpha value is -0.0300. The van der Waals surface area contributed by atoms with Gasteiger partial charge < -0.3 is 0 Å². The molecule has 0 saturated carbocycles. The van der Waals surface area contributed by atoms with Crippen molar-refractivity contribution in [3.8, 4) is 0 Å². The van der Waals surface area contributed by atoms with Crippen molar-refractivity contribution < 1.29 is 4.79 Å². The number of rotatable bonds is 6. The maximum Gasteiger partial charge on any atom is 0.334 e. The summed E-state index contributed by atoms with van der Waals surface area (Å²) < 4.78 is 5.38. The van der Waals surface area contributed by atoms with Crippen molar-refractivity contribution >= 4 is 29.9 Å². The molecule has 0 saturated heterocycles. The van der Waals surface area contributed by atoms with E-state index in [-0.39, 0.29) is 6.03 Å². The highest BCUT2D eigenvalue weighted by Gasteiger charge is 1.97. The molecule has 0 atom stereocenters. The van der Waals surface area contributed by atoms with Gasteiger partial charge in [0.15, 0.2) is 0 Å². The first-order valence-electron chi connectivity index (χ1n) is 4.10. The zero-order chi connectivity index (χ0) is 9.23. The molecule has 0 unspecified atom stereocenters. The van der Waals surface area contributed by atoms with Crippen LogP contribution in [0.4, 0.5) is 4.79 Å². The fourth-order valence-corrected chi connectivity index (χ4v) is 1.50. The molecule has 0 aliphatic heterocycles. The van der Waals surface area contributed by atoms with Crippen LogP contribution in [0.3, 0.4) is 0 Å². The number of carbonyl (C=O) groups is 1. The van der Waals surface area contributed by atoms with Gasteiger partial charge in [0.25, 0.3) is 0 Å². The van der Waals surface area contributed by atoms with E-state index in [2.05, 4.69) is 23.3 Å². The molecule has 12 heavy (non-hydrogen) atoms. The molecule has 0 aromatic heterocycles. The van der Waals surface area contributed by atoms with Gasteiger partial charge in [-0.15, -0.1) is 0 Å². The molecule has 2 N–H and O–H groups in total. The molecule has 0 rings (SSSR count). The van der Waals surface area contributed by atoms with Gasteiger partial charge in [-0.05, 0) is 36.7 Å². The van der Waals surface area contributed by atoms with Gasteiger partial charge in [-0.2, -0.15) is 0 Å². The number of nitrogens with one attached hydrogen (secondary N) is 2. The average molecular weight is 208 g/mol. The molecule has 0 bridgehead atoms. The second-order valence-corrected chi connectivity index (χ2v) is 4.03. The van der Waals surface area contributed by atoms with Crippen LogP contribution >= 0.6 is 23.9 Å². The lowest BCUT2D eigenvalue weighted by molar-refractivity contribution is 0.252. The predicted octanol–water partition coefficient (Wildman–Crippen LogP) is 2.40. The highest BCUT2D eigenvalue weighted by atomic mass is 32.2. The highest BCUT2D eigenvalue weighted by Crippen LogP contribution is 1.98. The third kappa shape index (κ3) is 8.07. The van der Waals surface area contributed by atoms with Crippen LogP contribution in [0.2, 0.25) is 0 Å². The molecule has 3 nitrogen and oxygen atoms in total. The smallest absolute Gasteiger partial charge is 0.281 e. The van der Waals surface area contributed by atoms with Crippen LogP contribution < -0.4 is 9.44 Å². The van der Waals surface area contributed by atoms with Gasteiger partial charge in [0.05, 0.1) is 0 Å². The molecule has 0 aliphatic rings. The Morgan fingerprint density at radius 2 is 1.50 bits per heavy atom. The Kier molecular flexibility index (Phi) is 9.04. The minimum atomic E-state index is -0.105. The van der Waals surface area contributed by atoms with E-state index < -0.39 is 0 Å². The topological polar surface area (TPSA) is 41.1 Å². The van der Waals surface area contributed by atoms with Crippen molar-refractivity contribution in [3.05, 3.63) is 0 Å². The second kappa shape index (κ2) is 9.06. The summed E-state index contributed by atoms with van der Waals surface area (Å²) >= 11 is 2.89. The summed E-state index contributed by atoms with van der Waals surface area (Å²) in [7, 11) is 0. The predicted molar refractivity (Wildman–Crippen MR) is 57.2 cm³/mol. The summed E-state index contributed by atoms with van der Waals surface area (Å²) in [6.07, 6.45) is 2.15. The first-order valence-corrected chi connectivity index (χ1v) is 6.08. The van der Waals surface area contributed by atoms with E-state index in [1.165, 1.54) is 23.9 Å². The summed E-state index contributed by atoms with van der Waals surface area (Å²) in [5.74, 6) is 1.93. The summed E-state index contributed by atoms with van der Waals surface area (Å²) in [5.41, 5.74) is 0. The van der Waals surface area contributed by atoms with E-state index >= 15 is 0 Å². The molecule has 72 valence electrons. The van der Waals surface area contributed by atoms with Crippen LogP contribution in [-0.2, 0) is 0 Å². The lowest BCUT2D eigenvalue weighted by Gasteiger charge is -2.03. The Labute approximate surface area is 82.7 Å². The van der Waals surface area contributed by atoms with Crippen molar-refractivity contribution in [2.75, 3.05) is 11.5 Å². The number of hydrogen-bond acceptors (Lipinski definition) is 3. The van der Waals surface area contributed by atoms with Gasteiger partial charge in [0.1, 0.15) is 0 Å². The van der Waals surface area contributed by atoms with Gasteiger partial charge >= 0.3 is 6.03 Å². The second-order valence-electron chi connectivity index (χ2n) is 2.23. The molecule has 5 heteroatoms.